The minimum absolute atomic E-state index is 0.0696. The van der Waals surface area contributed by atoms with E-state index in [1.807, 2.05) is 30.3 Å². The van der Waals surface area contributed by atoms with E-state index in [2.05, 4.69) is 0 Å². The highest BCUT2D eigenvalue weighted by molar-refractivity contribution is 6.12. The molecule has 0 fully saturated rings. The summed E-state index contributed by atoms with van der Waals surface area (Å²) in [6.07, 6.45) is 0.273. The molecule has 0 aliphatic carbocycles. The molecule has 0 saturated heterocycles. The zero-order valence-corrected chi connectivity index (χ0v) is 13.7. The molecule has 0 amide bonds. The Morgan fingerprint density at radius 1 is 0.808 bits per heavy atom. The number of carboxylic acids is 1. The first kappa shape index (κ1) is 17.2. The van der Waals surface area contributed by atoms with Crippen molar-refractivity contribution < 1.29 is 24.9 Å². The maximum Gasteiger partial charge on any atom is 0.339 e. The molecule has 0 saturated carbocycles. The number of carbonyl (C=O) groups excluding carboxylic acids is 1. The number of carbonyl (C=O) groups is 2. The number of ketones is 1. The summed E-state index contributed by atoms with van der Waals surface area (Å²) in [5, 5.41) is 29.6. The Hall–Kier alpha value is -3.60. The third-order valence-electron chi connectivity index (χ3n) is 4.07. The van der Waals surface area contributed by atoms with Crippen LogP contribution in [0.25, 0.3) is 0 Å². The number of phenolic OH excluding ortho intramolecular Hbond substituents is 1. The molecule has 0 aliphatic heterocycles. The molecule has 0 aromatic heterocycles. The van der Waals surface area contributed by atoms with Gasteiger partial charge in [0.25, 0.3) is 0 Å². The number of hydrogen-bond donors (Lipinski definition) is 3. The Bertz CT molecular complexity index is 977. The lowest BCUT2D eigenvalue weighted by molar-refractivity contribution is 0.0693. The van der Waals surface area contributed by atoms with Crippen LogP contribution in [0.3, 0.4) is 0 Å². The second-order valence-corrected chi connectivity index (χ2v) is 5.85. The van der Waals surface area contributed by atoms with Crippen LogP contribution in [0.5, 0.6) is 11.5 Å². The third kappa shape index (κ3) is 3.42. The Morgan fingerprint density at radius 2 is 1.46 bits per heavy atom. The minimum Gasteiger partial charge on any atom is -0.507 e. The highest BCUT2D eigenvalue weighted by atomic mass is 16.4. The first-order chi connectivity index (χ1) is 12.5. The van der Waals surface area contributed by atoms with Gasteiger partial charge in [-0.3, -0.25) is 4.79 Å². The number of para-hydroxylation sites is 1. The number of benzene rings is 3. The van der Waals surface area contributed by atoms with Crippen molar-refractivity contribution in [2.45, 2.75) is 6.42 Å². The van der Waals surface area contributed by atoms with E-state index in [-0.39, 0.29) is 34.6 Å². The molecule has 0 bridgehead atoms. The Balaban J connectivity index is 2.10. The summed E-state index contributed by atoms with van der Waals surface area (Å²) < 4.78 is 0. The quantitative estimate of drug-likeness (QED) is 0.612. The molecule has 3 N–H and O–H groups in total. The molecule has 5 heteroatoms. The number of rotatable bonds is 5. The van der Waals surface area contributed by atoms with Crippen molar-refractivity contribution in [3.63, 3.8) is 0 Å². The normalized spacial score (nSPS) is 10.5. The van der Waals surface area contributed by atoms with Crippen LogP contribution in [0.1, 0.15) is 37.4 Å². The van der Waals surface area contributed by atoms with Crippen molar-refractivity contribution in [1.29, 1.82) is 0 Å². The molecule has 3 aromatic rings. The van der Waals surface area contributed by atoms with E-state index < -0.39 is 11.8 Å². The lowest BCUT2D eigenvalue weighted by atomic mass is 9.94. The van der Waals surface area contributed by atoms with Gasteiger partial charge in [0.05, 0.1) is 5.56 Å². The van der Waals surface area contributed by atoms with Gasteiger partial charge in [0.1, 0.15) is 17.1 Å². The maximum absolute atomic E-state index is 12.7. The molecule has 0 radical (unpaired) electrons. The van der Waals surface area contributed by atoms with Gasteiger partial charge in [0.15, 0.2) is 5.78 Å². The van der Waals surface area contributed by atoms with Crippen LogP contribution < -0.4 is 0 Å². The fourth-order valence-electron chi connectivity index (χ4n) is 2.76. The van der Waals surface area contributed by atoms with E-state index >= 15 is 0 Å². The number of aromatic carboxylic acids is 1. The molecule has 0 unspecified atom stereocenters. The maximum atomic E-state index is 12.7. The van der Waals surface area contributed by atoms with Gasteiger partial charge in [-0.2, -0.15) is 0 Å². The molecule has 0 atom stereocenters. The molecule has 0 aliphatic rings. The molecular weight excluding hydrogens is 332 g/mol. The summed E-state index contributed by atoms with van der Waals surface area (Å²) in [5.74, 6) is -2.40. The second kappa shape index (κ2) is 7.11. The lowest BCUT2D eigenvalue weighted by Crippen LogP contribution is -2.07. The molecule has 5 nitrogen and oxygen atoms in total. The van der Waals surface area contributed by atoms with Crippen LogP contribution in [-0.4, -0.2) is 27.1 Å². The average molecular weight is 348 g/mol. The van der Waals surface area contributed by atoms with Gasteiger partial charge in [0, 0.05) is 12.0 Å². The van der Waals surface area contributed by atoms with E-state index in [0.717, 1.165) is 11.6 Å². The average Bonchev–Trinajstić information content (AvgIpc) is 2.64. The van der Waals surface area contributed by atoms with Crippen LogP contribution in [-0.2, 0) is 6.42 Å². The third-order valence-corrected chi connectivity index (χ3v) is 4.07. The summed E-state index contributed by atoms with van der Waals surface area (Å²) in [6, 6.07) is 17.8. The summed E-state index contributed by atoms with van der Waals surface area (Å²) in [5.41, 5.74) is 1.01. The van der Waals surface area contributed by atoms with Crippen LogP contribution in [0.15, 0.2) is 66.7 Å². The number of aromatic hydroxyl groups is 2. The van der Waals surface area contributed by atoms with E-state index in [9.17, 15) is 24.9 Å². The monoisotopic (exact) mass is 348 g/mol. The largest absolute Gasteiger partial charge is 0.507 e. The van der Waals surface area contributed by atoms with Crippen molar-refractivity contribution in [1.82, 2.24) is 0 Å². The zero-order valence-electron chi connectivity index (χ0n) is 13.7. The number of phenols is 2. The predicted octanol–water partition coefficient (Wildman–Crippen LogP) is 3.62. The Kier molecular flexibility index (Phi) is 4.71. The topological polar surface area (TPSA) is 94.8 Å². The molecule has 26 heavy (non-hydrogen) atoms. The summed E-state index contributed by atoms with van der Waals surface area (Å²) in [6.45, 7) is 0. The van der Waals surface area contributed by atoms with E-state index in [1.165, 1.54) is 18.2 Å². The smallest absolute Gasteiger partial charge is 0.339 e. The summed E-state index contributed by atoms with van der Waals surface area (Å²) in [4.78, 5) is 24.2. The van der Waals surface area contributed by atoms with Crippen molar-refractivity contribution >= 4 is 11.8 Å². The second-order valence-electron chi connectivity index (χ2n) is 5.85. The van der Waals surface area contributed by atoms with E-state index in [4.69, 9.17) is 0 Å². The molecule has 0 heterocycles. The molecule has 3 rings (SSSR count). The fourth-order valence-corrected chi connectivity index (χ4v) is 2.76. The summed E-state index contributed by atoms with van der Waals surface area (Å²) in [7, 11) is 0. The highest BCUT2D eigenvalue weighted by Crippen LogP contribution is 2.29. The lowest BCUT2D eigenvalue weighted by Gasteiger charge is -2.11. The number of hydrogen-bond acceptors (Lipinski definition) is 4. The standard InChI is InChI=1S/C21H16O5/c22-18-9-5-4-8-16(18)19(23)15-11-14(10-13-6-2-1-3-7-13)20(24)17(12-15)21(25)26/h1-9,11-12,22,24H,10H2,(H,25,26). The van der Waals surface area contributed by atoms with Gasteiger partial charge < -0.3 is 15.3 Å². The Morgan fingerprint density at radius 3 is 2.12 bits per heavy atom. The molecule has 3 aromatic carbocycles. The van der Waals surface area contributed by atoms with Crippen LogP contribution in [0, 0.1) is 0 Å². The van der Waals surface area contributed by atoms with Gasteiger partial charge in [0.2, 0.25) is 0 Å². The molecular formula is C21H16O5. The Labute approximate surface area is 149 Å². The van der Waals surface area contributed by atoms with Gasteiger partial charge in [-0.05, 0) is 35.4 Å². The minimum atomic E-state index is -1.33. The van der Waals surface area contributed by atoms with Crippen LogP contribution >= 0.6 is 0 Å². The van der Waals surface area contributed by atoms with Crippen LogP contribution in [0.2, 0.25) is 0 Å². The number of carboxylic acid groups (broad SMARTS) is 1. The first-order valence-electron chi connectivity index (χ1n) is 7.93. The van der Waals surface area contributed by atoms with Crippen molar-refractivity contribution in [2.75, 3.05) is 0 Å². The van der Waals surface area contributed by atoms with E-state index in [1.54, 1.807) is 12.1 Å². The van der Waals surface area contributed by atoms with Gasteiger partial charge >= 0.3 is 5.97 Å². The van der Waals surface area contributed by atoms with Crippen LogP contribution in [0.4, 0.5) is 0 Å². The predicted molar refractivity (Wildman–Crippen MR) is 95.9 cm³/mol. The van der Waals surface area contributed by atoms with Gasteiger partial charge in [-0.1, -0.05) is 42.5 Å². The zero-order chi connectivity index (χ0) is 18.7. The van der Waals surface area contributed by atoms with Crippen molar-refractivity contribution in [3.05, 3.63) is 94.5 Å². The molecule has 0 spiro atoms. The van der Waals surface area contributed by atoms with Crippen molar-refractivity contribution in [2.24, 2.45) is 0 Å². The first-order valence-corrected chi connectivity index (χ1v) is 7.93. The van der Waals surface area contributed by atoms with Gasteiger partial charge in [-0.25, -0.2) is 4.79 Å². The fraction of sp³-hybridized carbons (Fsp3) is 0.0476. The molecule has 130 valence electrons. The van der Waals surface area contributed by atoms with E-state index in [0.29, 0.717) is 5.56 Å². The summed E-state index contributed by atoms with van der Waals surface area (Å²) >= 11 is 0. The SMILES string of the molecule is O=C(c1cc(Cc2ccccc2)c(O)c(C(=O)O)c1)c1ccccc1O. The van der Waals surface area contributed by atoms with Crippen molar-refractivity contribution in [3.8, 4) is 11.5 Å². The van der Waals surface area contributed by atoms with Gasteiger partial charge in [-0.15, -0.1) is 0 Å². The highest BCUT2D eigenvalue weighted by Gasteiger charge is 2.21.